The van der Waals surface area contributed by atoms with Gasteiger partial charge in [0, 0.05) is 49.6 Å². The van der Waals surface area contributed by atoms with E-state index >= 15 is 0 Å². The number of nitrogens with two attached hydrogens (primary N) is 1. The second-order valence-corrected chi connectivity index (χ2v) is 8.83. The second-order valence-electron chi connectivity index (χ2n) is 7.97. The van der Waals surface area contributed by atoms with Crippen LogP contribution in [-0.4, -0.2) is 66.0 Å². The molecule has 3 heterocycles. The highest BCUT2D eigenvalue weighted by Crippen LogP contribution is 2.26. The van der Waals surface area contributed by atoms with E-state index in [9.17, 15) is 9.59 Å². The number of thiazole rings is 1. The van der Waals surface area contributed by atoms with Crippen molar-refractivity contribution in [3.8, 4) is 10.6 Å². The van der Waals surface area contributed by atoms with Gasteiger partial charge in [0.15, 0.2) is 0 Å². The van der Waals surface area contributed by atoms with Crippen molar-refractivity contribution >= 4 is 23.2 Å². The number of likely N-dealkylation sites (tertiary alicyclic amines) is 1. The first-order chi connectivity index (χ1) is 14.6. The molecule has 0 radical (unpaired) electrons. The summed E-state index contributed by atoms with van der Waals surface area (Å²) in [7, 11) is 0. The van der Waals surface area contributed by atoms with Crippen molar-refractivity contribution < 1.29 is 14.3 Å². The lowest BCUT2D eigenvalue weighted by atomic mass is 9.96. The highest BCUT2D eigenvalue weighted by Gasteiger charge is 2.26. The predicted octanol–water partition coefficient (Wildman–Crippen LogP) is 1.91. The Kier molecular flexibility index (Phi) is 6.76. The van der Waals surface area contributed by atoms with Gasteiger partial charge in [0.05, 0.1) is 25.3 Å². The summed E-state index contributed by atoms with van der Waals surface area (Å²) in [4.78, 5) is 32.9. The number of nitrogens with zero attached hydrogens (tertiary/aromatic N) is 3. The van der Waals surface area contributed by atoms with Crippen LogP contribution in [0, 0.1) is 5.92 Å². The van der Waals surface area contributed by atoms with Crippen molar-refractivity contribution in [1.82, 2.24) is 14.8 Å². The van der Waals surface area contributed by atoms with E-state index in [1.54, 1.807) is 11.3 Å². The summed E-state index contributed by atoms with van der Waals surface area (Å²) < 4.78 is 5.42. The summed E-state index contributed by atoms with van der Waals surface area (Å²) in [6, 6.07) is 8.48. The summed E-state index contributed by atoms with van der Waals surface area (Å²) in [5.74, 6) is -0.303. The third-order valence-corrected chi connectivity index (χ3v) is 6.76. The van der Waals surface area contributed by atoms with Crippen molar-refractivity contribution in [2.45, 2.75) is 25.8 Å². The number of hydrogen-bond donors (Lipinski definition) is 1. The molecule has 0 spiro atoms. The van der Waals surface area contributed by atoms with Gasteiger partial charge in [-0.2, -0.15) is 0 Å². The molecule has 0 bridgehead atoms. The number of amides is 2. The number of primary amides is 1. The molecule has 0 atom stereocenters. The SMILES string of the molecule is NC(=O)C1CCN(C(=O)Cc2csc(-c3cccc(CN4CCOCC4)c3)n2)CC1. The van der Waals surface area contributed by atoms with E-state index in [2.05, 4.69) is 29.2 Å². The van der Waals surface area contributed by atoms with Crippen LogP contribution in [0.5, 0.6) is 0 Å². The highest BCUT2D eigenvalue weighted by molar-refractivity contribution is 7.13. The zero-order valence-corrected chi connectivity index (χ0v) is 17.9. The van der Waals surface area contributed by atoms with Crippen molar-refractivity contribution in [1.29, 1.82) is 0 Å². The lowest BCUT2D eigenvalue weighted by Gasteiger charge is -2.30. The van der Waals surface area contributed by atoms with E-state index < -0.39 is 0 Å². The number of ether oxygens (including phenoxy) is 1. The average Bonchev–Trinajstić information content (AvgIpc) is 3.23. The maximum Gasteiger partial charge on any atom is 0.228 e. The van der Waals surface area contributed by atoms with E-state index in [-0.39, 0.29) is 17.7 Å². The number of morpholine rings is 1. The summed E-state index contributed by atoms with van der Waals surface area (Å²) in [6.07, 6.45) is 1.60. The van der Waals surface area contributed by atoms with Crippen LogP contribution < -0.4 is 5.73 Å². The Morgan fingerprint density at radius 2 is 1.93 bits per heavy atom. The summed E-state index contributed by atoms with van der Waals surface area (Å²) in [6.45, 7) is 5.61. The van der Waals surface area contributed by atoms with E-state index in [1.165, 1.54) is 5.56 Å². The van der Waals surface area contributed by atoms with E-state index in [1.807, 2.05) is 10.3 Å². The van der Waals surface area contributed by atoms with Crippen molar-refractivity contribution in [3.63, 3.8) is 0 Å². The third-order valence-electron chi connectivity index (χ3n) is 5.82. The highest BCUT2D eigenvalue weighted by atomic mass is 32.1. The molecule has 8 heteroatoms. The van der Waals surface area contributed by atoms with Crippen LogP contribution in [0.4, 0.5) is 0 Å². The van der Waals surface area contributed by atoms with Gasteiger partial charge in [0.2, 0.25) is 11.8 Å². The van der Waals surface area contributed by atoms with Gasteiger partial charge in [-0.15, -0.1) is 11.3 Å². The molecule has 2 saturated heterocycles. The Bertz CT molecular complexity index is 886. The fourth-order valence-corrected chi connectivity index (χ4v) is 4.84. The lowest BCUT2D eigenvalue weighted by molar-refractivity contribution is -0.134. The average molecular weight is 429 g/mol. The largest absolute Gasteiger partial charge is 0.379 e. The number of carbonyl (C=O) groups excluding carboxylic acids is 2. The Hall–Kier alpha value is -2.29. The van der Waals surface area contributed by atoms with Crippen molar-refractivity contribution in [2.75, 3.05) is 39.4 Å². The number of hydrogen-bond acceptors (Lipinski definition) is 6. The third kappa shape index (κ3) is 5.24. The zero-order valence-electron chi connectivity index (χ0n) is 17.1. The minimum absolute atomic E-state index is 0.0656. The number of aromatic nitrogens is 1. The number of benzene rings is 1. The molecule has 0 aliphatic carbocycles. The molecular formula is C22H28N4O3S. The molecule has 2 aromatic rings. The van der Waals surface area contributed by atoms with Crippen LogP contribution in [-0.2, 0) is 27.3 Å². The second kappa shape index (κ2) is 9.68. The Labute approximate surface area is 180 Å². The van der Waals surface area contributed by atoms with Crippen LogP contribution in [0.2, 0.25) is 0 Å². The lowest BCUT2D eigenvalue weighted by Crippen LogP contribution is -2.42. The molecule has 2 fully saturated rings. The maximum atomic E-state index is 12.6. The molecular weight excluding hydrogens is 400 g/mol. The standard InChI is InChI=1S/C22H28N4O3S/c23-21(28)17-4-6-26(7-5-17)20(27)13-19-15-30-22(24-19)18-3-1-2-16(12-18)14-25-8-10-29-11-9-25/h1-3,12,15,17H,4-11,13-14H2,(H2,23,28). The molecule has 30 heavy (non-hydrogen) atoms. The summed E-state index contributed by atoms with van der Waals surface area (Å²) in [5.41, 5.74) is 8.53. The molecule has 2 aliphatic heterocycles. The van der Waals surface area contributed by atoms with Gasteiger partial charge in [-0.05, 0) is 24.5 Å². The van der Waals surface area contributed by atoms with Crippen LogP contribution >= 0.6 is 11.3 Å². The van der Waals surface area contributed by atoms with E-state index in [4.69, 9.17) is 15.5 Å². The molecule has 0 saturated carbocycles. The first kappa shape index (κ1) is 21.0. The van der Waals surface area contributed by atoms with Crippen molar-refractivity contribution in [2.24, 2.45) is 11.7 Å². The summed E-state index contributed by atoms with van der Waals surface area (Å²) in [5, 5.41) is 2.91. The molecule has 4 rings (SSSR count). The number of rotatable bonds is 6. The fraction of sp³-hybridized carbons (Fsp3) is 0.500. The smallest absolute Gasteiger partial charge is 0.228 e. The monoisotopic (exact) mass is 428 g/mol. The Morgan fingerprint density at radius 3 is 2.67 bits per heavy atom. The van der Waals surface area contributed by atoms with E-state index in [0.29, 0.717) is 32.4 Å². The first-order valence-corrected chi connectivity index (χ1v) is 11.4. The molecule has 0 unspecified atom stereocenters. The van der Waals surface area contributed by atoms with Crippen LogP contribution in [0.25, 0.3) is 10.6 Å². The zero-order chi connectivity index (χ0) is 20.9. The normalized spacial score (nSPS) is 18.5. The molecule has 2 aliphatic rings. The van der Waals surface area contributed by atoms with Crippen LogP contribution in [0.3, 0.4) is 0 Å². The molecule has 7 nitrogen and oxygen atoms in total. The van der Waals surface area contributed by atoms with E-state index in [0.717, 1.165) is 49.1 Å². The quantitative estimate of drug-likeness (QED) is 0.759. The van der Waals surface area contributed by atoms with Gasteiger partial charge in [-0.3, -0.25) is 14.5 Å². The molecule has 2 N–H and O–H groups in total. The van der Waals surface area contributed by atoms with Gasteiger partial charge in [-0.25, -0.2) is 4.98 Å². The van der Waals surface area contributed by atoms with Gasteiger partial charge in [-0.1, -0.05) is 18.2 Å². The molecule has 1 aromatic heterocycles. The van der Waals surface area contributed by atoms with Gasteiger partial charge < -0.3 is 15.4 Å². The molecule has 160 valence electrons. The Balaban J connectivity index is 1.35. The van der Waals surface area contributed by atoms with Gasteiger partial charge >= 0.3 is 0 Å². The first-order valence-electron chi connectivity index (χ1n) is 10.5. The minimum atomic E-state index is -0.262. The van der Waals surface area contributed by atoms with Crippen molar-refractivity contribution in [3.05, 3.63) is 40.9 Å². The summed E-state index contributed by atoms with van der Waals surface area (Å²) >= 11 is 1.57. The number of piperidine rings is 1. The molecule has 2 amide bonds. The fourth-order valence-electron chi connectivity index (χ4n) is 4.02. The predicted molar refractivity (Wildman–Crippen MR) is 116 cm³/mol. The van der Waals surface area contributed by atoms with Gasteiger partial charge in [0.25, 0.3) is 0 Å². The number of carbonyl (C=O) groups is 2. The topological polar surface area (TPSA) is 88.8 Å². The minimum Gasteiger partial charge on any atom is -0.379 e. The van der Waals surface area contributed by atoms with Crippen LogP contribution in [0.1, 0.15) is 24.1 Å². The van der Waals surface area contributed by atoms with Gasteiger partial charge in [0.1, 0.15) is 5.01 Å². The maximum absolute atomic E-state index is 12.6. The van der Waals surface area contributed by atoms with Crippen LogP contribution in [0.15, 0.2) is 29.6 Å². The Morgan fingerprint density at radius 1 is 1.17 bits per heavy atom. The molecule has 1 aromatic carbocycles.